The predicted octanol–water partition coefficient (Wildman–Crippen LogP) is 8.56. The summed E-state index contributed by atoms with van der Waals surface area (Å²) in [7, 11) is 0. The van der Waals surface area contributed by atoms with Crippen LogP contribution in [0.3, 0.4) is 0 Å². The van der Waals surface area contributed by atoms with Gasteiger partial charge in [0.2, 0.25) is 0 Å². The van der Waals surface area contributed by atoms with Gasteiger partial charge < -0.3 is 4.57 Å². The van der Waals surface area contributed by atoms with E-state index in [0.29, 0.717) is 0 Å². The quantitative estimate of drug-likeness (QED) is 0.247. The van der Waals surface area contributed by atoms with Crippen molar-refractivity contribution in [3.63, 3.8) is 0 Å². The standard InChI is InChI=1S/C32H22N4S/c1-2-35-27-12-5-3-8-21(27)23-18-20(14-15-29(23)35)25-10-7-11-26(34-25)31-30-22-9-4-6-13-28(22)36-17-16-33-32(36)24(30)19-37-31/h3-19H,2H2,1H3. The minimum atomic E-state index is 0.945. The third kappa shape index (κ3) is 2.89. The second-order valence-corrected chi connectivity index (χ2v) is 10.3. The summed E-state index contributed by atoms with van der Waals surface area (Å²) < 4.78 is 4.57. The summed E-state index contributed by atoms with van der Waals surface area (Å²) >= 11 is 1.74. The fourth-order valence-electron chi connectivity index (χ4n) is 5.85. The number of benzene rings is 3. The van der Waals surface area contributed by atoms with E-state index in [9.17, 15) is 0 Å². The molecule has 0 atom stereocenters. The van der Waals surface area contributed by atoms with E-state index in [1.807, 2.05) is 12.4 Å². The lowest BCUT2D eigenvalue weighted by atomic mass is 10.0. The van der Waals surface area contributed by atoms with Crippen LogP contribution in [0.15, 0.2) is 103 Å². The molecule has 0 aliphatic rings. The molecule has 5 heterocycles. The van der Waals surface area contributed by atoms with E-state index in [-0.39, 0.29) is 0 Å². The number of fused-ring (bicyclic) bond motifs is 9. The van der Waals surface area contributed by atoms with Gasteiger partial charge in [0.25, 0.3) is 0 Å². The molecule has 0 N–H and O–H groups in total. The summed E-state index contributed by atoms with van der Waals surface area (Å²) in [5, 5.41) is 8.41. The van der Waals surface area contributed by atoms with Crippen LogP contribution in [0.2, 0.25) is 0 Å². The Morgan fingerprint density at radius 2 is 1.51 bits per heavy atom. The van der Waals surface area contributed by atoms with Gasteiger partial charge in [-0.25, -0.2) is 9.97 Å². The fraction of sp³-hybridized carbons (Fsp3) is 0.0625. The number of thiophene rings is 1. The molecule has 0 fully saturated rings. The first kappa shape index (κ1) is 20.7. The van der Waals surface area contributed by atoms with Crippen LogP contribution in [0.1, 0.15) is 6.92 Å². The Balaban J connectivity index is 1.35. The van der Waals surface area contributed by atoms with E-state index in [1.54, 1.807) is 11.3 Å². The van der Waals surface area contributed by atoms with Gasteiger partial charge in [-0.2, -0.15) is 0 Å². The molecule has 0 bridgehead atoms. The van der Waals surface area contributed by atoms with E-state index >= 15 is 0 Å². The molecule has 0 aliphatic carbocycles. The molecule has 0 spiro atoms. The monoisotopic (exact) mass is 494 g/mol. The predicted molar refractivity (Wildman–Crippen MR) is 155 cm³/mol. The van der Waals surface area contributed by atoms with Gasteiger partial charge in [0.05, 0.1) is 21.8 Å². The highest BCUT2D eigenvalue weighted by atomic mass is 32.1. The molecule has 5 aromatic heterocycles. The van der Waals surface area contributed by atoms with Gasteiger partial charge in [0, 0.05) is 67.8 Å². The molecule has 0 amide bonds. The number of rotatable bonds is 3. The van der Waals surface area contributed by atoms with E-state index in [0.717, 1.165) is 34.7 Å². The summed E-state index contributed by atoms with van der Waals surface area (Å²) in [6, 6.07) is 30.3. The van der Waals surface area contributed by atoms with Crippen LogP contribution in [-0.2, 0) is 6.54 Å². The average Bonchev–Trinajstić information content (AvgIpc) is 3.69. The van der Waals surface area contributed by atoms with E-state index in [2.05, 4.69) is 111 Å². The summed E-state index contributed by atoms with van der Waals surface area (Å²) in [6.07, 6.45) is 3.92. The van der Waals surface area contributed by atoms with Crippen LogP contribution < -0.4 is 0 Å². The maximum Gasteiger partial charge on any atom is 0.145 e. The summed E-state index contributed by atoms with van der Waals surface area (Å²) in [6.45, 7) is 3.15. The van der Waals surface area contributed by atoms with Crippen molar-refractivity contribution in [1.29, 1.82) is 0 Å². The molecule has 3 aromatic carbocycles. The topological polar surface area (TPSA) is 35.1 Å². The van der Waals surface area contributed by atoms with Crippen molar-refractivity contribution in [3.8, 4) is 21.8 Å². The highest BCUT2D eigenvalue weighted by molar-refractivity contribution is 7.15. The normalized spacial score (nSPS) is 12.0. The van der Waals surface area contributed by atoms with Gasteiger partial charge in [-0.1, -0.05) is 48.5 Å². The smallest absolute Gasteiger partial charge is 0.145 e. The van der Waals surface area contributed by atoms with Crippen LogP contribution in [0, 0.1) is 0 Å². The highest BCUT2D eigenvalue weighted by Crippen LogP contribution is 2.41. The lowest BCUT2D eigenvalue weighted by Crippen LogP contribution is -1.93. The van der Waals surface area contributed by atoms with Gasteiger partial charge in [-0.05, 0) is 43.3 Å². The van der Waals surface area contributed by atoms with Crippen molar-refractivity contribution in [1.82, 2.24) is 18.9 Å². The first-order valence-corrected chi connectivity index (χ1v) is 13.4. The summed E-state index contributed by atoms with van der Waals surface area (Å²) in [5.74, 6) is 0. The highest BCUT2D eigenvalue weighted by Gasteiger charge is 2.17. The first-order chi connectivity index (χ1) is 18.3. The van der Waals surface area contributed by atoms with Gasteiger partial charge in [0.1, 0.15) is 5.65 Å². The Hall–Kier alpha value is -4.48. The Labute approximate surface area is 217 Å². The fourth-order valence-corrected chi connectivity index (χ4v) is 6.88. The van der Waals surface area contributed by atoms with Crippen LogP contribution >= 0.6 is 11.3 Å². The second kappa shape index (κ2) is 7.76. The number of aryl methyl sites for hydroxylation is 1. The van der Waals surface area contributed by atoms with Crippen molar-refractivity contribution in [2.75, 3.05) is 0 Å². The molecule has 0 radical (unpaired) electrons. The van der Waals surface area contributed by atoms with Crippen molar-refractivity contribution >= 4 is 60.5 Å². The minimum Gasteiger partial charge on any atom is -0.341 e. The van der Waals surface area contributed by atoms with Crippen LogP contribution in [0.5, 0.6) is 0 Å². The Morgan fingerprint density at radius 1 is 0.730 bits per heavy atom. The molecule has 4 nitrogen and oxygen atoms in total. The van der Waals surface area contributed by atoms with Gasteiger partial charge in [0.15, 0.2) is 0 Å². The van der Waals surface area contributed by atoms with E-state index < -0.39 is 0 Å². The van der Waals surface area contributed by atoms with Crippen LogP contribution in [-0.4, -0.2) is 18.9 Å². The average molecular weight is 495 g/mol. The summed E-state index contributed by atoms with van der Waals surface area (Å²) in [5.41, 5.74) is 7.81. The number of hydrogen-bond donors (Lipinski definition) is 0. The van der Waals surface area contributed by atoms with Crippen LogP contribution in [0.25, 0.3) is 71.0 Å². The lowest BCUT2D eigenvalue weighted by Gasteiger charge is -2.08. The van der Waals surface area contributed by atoms with Gasteiger partial charge >= 0.3 is 0 Å². The molecule has 5 heteroatoms. The molecule has 37 heavy (non-hydrogen) atoms. The number of nitrogens with zero attached hydrogens (tertiary/aromatic N) is 4. The SMILES string of the molecule is CCn1c2ccccc2c2cc(-c3cccc(-c4scc5c4c4ccccc4n4ccnc54)n3)ccc21. The van der Waals surface area contributed by atoms with Gasteiger partial charge in [-0.15, -0.1) is 11.3 Å². The maximum absolute atomic E-state index is 5.20. The second-order valence-electron chi connectivity index (χ2n) is 9.39. The van der Waals surface area contributed by atoms with Crippen LogP contribution in [0.4, 0.5) is 0 Å². The molecule has 0 saturated heterocycles. The number of pyridine rings is 2. The molecule has 8 aromatic rings. The maximum atomic E-state index is 5.20. The van der Waals surface area contributed by atoms with E-state index in [1.165, 1.54) is 42.8 Å². The molecule has 0 unspecified atom stereocenters. The zero-order valence-electron chi connectivity index (χ0n) is 20.2. The number of hydrogen-bond acceptors (Lipinski definition) is 3. The molecular formula is C32H22N4S. The molecule has 0 aliphatic heterocycles. The lowest BCUT2D eigenvalue weighted by molar-refractivity contribution is 0.827. The third-order valence-electron chi connectivity index (χ3n) is 7.47. The molecule has 176 valence electrons. The minimum absolute atomic E-state index is 0.945. The van der Waals surface area contributed by atoms with Crippen molar-refractivity contribution in [2.45, 2.75) is 13.5 Å². The Bertz CT molecular complexity index is 2140. The first-order valence-electron chi connectivity index (χ1n) is 12.6. The van der Waals surface area contributed by atoms with Crippen molar-refractivity contribution in [3.05, 3.63) is 103 Å². The third-order valence-corrected chi connectivity index (χ3v) is 8.47. The zero-order valence-corrected chi connectivity index (χ0v) is 21.0. The summed E-state index contributed by atoms with van der Waals surface area (Å²) in [4.78, 5) is 11.1. The molecule has 0 saturated carbocycles. The number of aromatic nitrogens is 4. The Kier molecular flexibility index (Phi) is 4.34. The molecular weight excluding hydrogens is 472 g/mol. The number of para-hydroxylation sites is 2. The molecule has 8 rings (SSSR count). The van der Waals surface area contributed by atoms with Crippen molar-refractivity contribution in [2.24, 2.45) is 0 Å². The van der Waals surface area contributed by atoms with Crippen molar-refractivity contribution < 1.29 is 0 Å². The zero-order chi connectivity index (χ0) is 24.5. The largest absolute Gasteiger partial charge is 0.341 e. The van der Waals surface area contributed by atoms with E-state index in [4.69, 9.17) is 4.98 Å². The Morgan fingerprint density at radius 3 is 2.41 bits per heavy atom. The van der Waals surface area contributed by atoms with Gasteiger partial charge in [-0.3, -0.25) is 4.40 Å². The number of imidazole rings is 1.